The van der Waals surface area contributed by atoms with Gasteiger partial charge in [0.05, 0.1) is 36.2 Å². The number of carbonyl (C=O) groups excluding carboxylic acids is 1. The van der Waals surface area contributed by atoms with Crippen LogP contribution in [0.3, 0.4) is 0 Å². The number of benzene rings is 3. The van der Waals surface area contributed by atoms with E-state index in [1.54, 1.807) is 24.2 Å². The zero-order valence-electron chi connectivity index (χ0n) is 26.6. The van der Waals surface area contributed by atoms with Gasteiger partial charge in [0.1, 0.15) is 5.69 Å². The molecule has 1 aliphatic heterocycles. The van der Waals surface area contributed by atoms with Gasteiger partial charge in [-0.05, 0) is 36.9 Å². The number of nitrogens with zero attached hydrogens (tertiary/aromatic N) is 6. The number of anilines is 3. The van der Waals surface area contributed by atoms with Crippen LogP contribution >= 0.6 is 0 Å². The van der Waals surface area contributed by atoms with Crippen LogP contribution in [0.2, 0.25) is 0 Å². The Balaban J connectivity index is 0.000000314. The van der Waals surface area contributed by atoms with Crippen LogP contribution in [-0.2, 0) is 11.8 Å². The Morgan fingerprint density at radius 1 is 0.913 bits per heavy atom. The molecule has 1 amide bonds. The van der Waals surface area contributed by atoms with Crippen molar-refractivity contribution in [3.8, 4) is 17.1 Å². The highest BCUT2D eigenvalue weighted by molar-refractivity contribution is 6.06. The van der Waals surface area contributed by atoms with E-state index in [4.69, 9.17) is 9.72 Å². The van der Waals surface area contributed by atoms with Gasteiger partial charge in [-0.3, -0.25) is 14.4 Å². The fourth-order valence-electron chi connectivity index (χ4n) is 5.61. The minimum atomic E-state index is -0.205. The summed E-state index contributed by atoms with van der Waals surface area (Å²) in [7, 11) is 5.50. The van der Waals surface area contributed by atoms with Crippen molar-refractivity contribution in [1.82, 2.24) is 34.5 Å². The average Bonchev–Trinajstić information content (AvgIpc) is 3.68. The largest absolute Gasteiger partial charge is 0.478 e. The van der Waals surface area contributed by atoms with Gasteiger partial charge in [-0.2, -0.15) is 0 Å². The SMILES string of the molecule is COc1nn(C)cc1Nc1nccc(-c2c[nH]c3c(NC(=O)C(C)N4CCN(C)CC4)cccc23)n1.c1ccc2ccccc2c1. The van der Waals surface area contributed by atoms with Crippen LogP contribution in [0.1, 0.15) is 6.92 Å². The summed E-state index contributed by atoms with van der Waals surface area (Å²) in [5, 5.41) is 14.1. The second-order valence-electron chi connectivity index (χ2n) is 11.4. The molecule has 11 nitrogen and oxygen atoms in total. The highest BCUT2D eigenvalue weighted by atomic mass is 16.5. The molecule has 1 saturated heterocycles. The molecule has 6 aromatic rings. The minimum Gasteiger partial charge on any atom is -0.478 e. The molecule has 1 aliphatic rings. The van der Waals surface area contributed by atoms with Crippen LogP contribution in [-0.4, -0.2) is 86.8 Å². The Hall–Kier alpha value is -5.26. The van der Waals surface area contributed by atoms with Crippen molar-refractivity contribution >= 4 is 44.9 Å². The molecule has 3 aromatic heterocycles. The van der Waals surface area contributed by atoms with E-state index in [0.717, 1.165) is 54.0 Å². The number of methoxy groups -OCH3 is 1. The topological polar surface area (TPSA) is 116 Å². The van der Waals surface area contributed by atoms with Crippen LogP contribution in [0.5, 0.6) is 5.88 Å². The van der Waals surface area contributed by atoms with Crippen LogP contribution in [0.4, 0.5) is 17.3 Å². The van der Waals surface area contributed by atoms with Gasteiger partial charge < -0.3 is 25.3 Å². The highest BCUT2D eigenvalue weighted by Gasteiger charge is 2.25. The van der Waals surface area contributed by atoms with Crippen molar-refractivity contribution < 1.29 is 9.53 Å². The van der Waals surface area contributed by atoms with E-state index < -0.39 is 0 Å². The number of carbonyl (C=O) groups is 1. The number of ether oxygens (including phenoxy) is 1. The van der Waals surface area contributed by atoms with Crippen molar-refractivity contribution in [3.63, 3.8) is 0 Å². The molecule has 46 heavy (non-hydrogen) atoms. The molecule has 236 valence electrons. The molecule has 0 radical (unpaired) electrons. The molecule has 4 heterocycles. The number of hydrogen-bond acceptors (Lipinski definition) is 8. The second-order valence-corrected chi connectivity index (χ2v) is 11.4. The Kier molecular flexibility index (Phi) is 9.23. The minimum absolute atomic E-state index is 0.0119. The number of H-pyrrole nitrogens is 1. The number of para-hydroxylation sites is 1. The van der Waals surface area contributed by atoms with Crippen LogP contribution in [0, 0.1) is 0 Å². The Morgan fingerprint density at radius 3 is 2.28 bits per heavy atom. The second kappa shape index (κ2) is 13.8. The van der Waals surface area contributed by atoms with Gasteiger partial charge >= 0.3 is 0 Å². The lowest BCUT2D eigenvalue weighted by molar-refractivity contribution is -0.121. The maximum atomic E-state index is 13.1. The number of rotatable bonds is 7. The molecule has 1 unspecified atom stereocenters. The lowest BCUT2D eigenvalue weighted by atomic mass is 10.1. The number of nitrogens with one attached hydrogen (secondary N) is 3. The van der Waals surface area contributed by atoms with Crippen molar-refractivity contribution in [1.29, 1.82) is 0 Å². The summed E-state index contributed by atoms with van der Waals surface area (Å²) in [5.74, 6) is 0.880. The fraction of sp³-hybridized carbons (Fsp3) is 0.257. The first-order valence-electron chi connectivity index (χ1n) is 15.3. The van der Waals surface area contributed by atoms with Gasteiger partial charge in [0.2, 0.25) is 11.9 Å². The lowest BCUT2D eigenvalue weighted by Gasteiger charge is -2.35. The van der Waals surface area contributed by atoms with Crippen LogP contribution < -0.4 is 15.4 Å². The molecule has 0 saturated carbocycles. The van der Waals surface area contributed by atoms with E-state index in [-0.39, 0.29) is 11.9 Å². The quantitative estimate of drug-likeness (QED) is 0.214. The smallest absolute Gasteiger partial charge is 0.256 e. The molecule has 1 fully saturated rings. The first-order chi connectivity index (χ1) is 22.4. The van der Waals surface area contributed by atoms with Crippen molar-refractivity contribution in [2.45, 2.75) is 13.0 Å². The van der Waals surface area contributed by atoms with E-state index in [9.17, 15) is 4.79 Å². The number of aryl methyl sites for hydroxylation is 1. The molecule has 11 heteroatoms. The summed E-state index contributed by atoms with van der Waals surface area (Å²) in [6.07, 6.45) is 5.41. The molecule has 0 spiro atoms. The molecular weight excluding hydrogens is 578 g/mol. The zero-order chi connectivity index (χ0) is 32.0. The van der Waals surface area contributed by atoms with E-state index >= 15 is 0 Å². The number of fused-ring (bicyclic) bond motifs is 2. The van der Waals surface area contributed by atoms with E-state index in [0.29, 0.717) is 17.5 Å². The van der Waals surface area contributed by atoms with Gasteiger partial charge in [0, 0.05) is 56.6 Å². The molecule has 3 N–H and O–H groups in total. The highest BCUT2D eigenvalue weighted by Crippen LogP contribution is 2.32. The van der Waals surface area contributed by atoms with Crippen LogP contribution in [0.15, 0.2) is 91.4 Å². The first kappa shape index (κ1) is 30.8. The number of amides is 1. The third-order valence-electron chi connectivity index (χ3n) is 8.26. The number of hydrogen-bond donors (Lipinski definition) is 3. The van der Waals surface area contributed by atoms with Crippen molar-refractivity contribution in [3.05, 3.63) is 91.4 Å². The molecule has 3 aromatic carbocycles. The Morgan fingerprint density at radius 2 is 1.61 bits per heavy atom. The molecule has 0 aliphatic carbocycles. The summed E-state index contributed by atoms with van der Waals surface area (Å²) < 4.78 is 6.97. The van der Waals surface area contributed by atoms with Gasteiger partial charge in [0.15, 0.2) is 0 Å². The number of likely N-dealkylation sites (N-methyl/N-ethyl adjacent to an activating group) is 1. The molecule has 1 atom stereocenters. The first-order valence-corrected chi connectivity index (χ1v) is 15.3. The number of aromatic amines is 1. The lowest BCUT2D eigenvalue weighted by Crippen LogP contribution is -2.51. The molecular formula is C35H39N9O2. The predicted molar refractivity (Wildman–Crippen MR) is 183 cm³/mol. The van der Waals surface area contributed by atoms with E-state index in [2.05, 4.69) is 91.1 Å². The normalized spacial score (nSPS) is 14.4. The van der Waals surface area contributed by atoms with Gasteiger partial charge in [-0.15, -0.1) is 5.10 Å². The average molecular weight is 618 g/mol. The number of aromatic nitrogens is 5. The summed E-state index contributed by atoms with van der Waals surface area (Å²) in [4.78, 5) is 29.9. The van der Waals surface area contributed by atoms with Crippen molar-refractivity contribution in [2.24, 2.45) is 7.05 Å². The third-order valence-corrected chi connectivity index (χ3v) is 8.26. The van der Waals surface area contributed by atoms with E-state index in [1.807, 2.05) is 44.4 Å². The van der Waals surface area contributed by atoms with E-state index in [1.165, 1.54) is 10.8 Å². The zero-order valence-corrected chi connectivity index (χ0v) is 26.6. The maximum Gasteiger partial charge on any atom is 0.256 e. The van der Waals surface area contributed by atoms with Gasteiger partial charge in [-0.25, -0.2) is 9.97 Å². The summed E-state index contributed by atoms with van der Waals surface area (Å²) in [6, 6.07) is 24.2. The standard InChI is InChI=1S/C25H31N9O2.C10H8/c1-16(34-12-10-32(2)11-13-34)23(35)28-20-7-5-6-17-18(14-27-22(17)20)19-8-9-26-25(29-19)30-21-15-33(3)31-24(21)36-4;1-2-6-10-8-4-3-7-9(10)5-1/h5-9,14-16,27H,10-13H2,1-4H3,(H,28,35)(H,26,29,30);1-8H. The van der Waals surface area contributed by atoms with Gasteiger partial charge in [0.25, 0.3) is 5.88 Å². The summed E-state index contributed by atoms with van der Waals surface area (Å²) >= 11 is 0. The fourth-order valence-corrected chi connectivity index (χ4v) is 5.61. The maximum absolute atomic E-state index is 13.1. The Labute approximate surface area is 268 Å². The predicted octanol–water partition coefficient (Wildman–Crippen LogP) is 5.52. The molecule has 7 rings (SSSR count). The summed E-state index contributed by atoms with van der Waals surface area (Å²) in [6.45, 7) is 5.68. The monoisotopic (exact) mass is 617 g/mol. The number of piperazine rings is 1. The van der Waals surface area contributed by atoms with Gasteiger partial charge in [-0.1, -0.05) is 60.7 Å². The Bertz CT molecular complexity index is 1880. The van der Waals surface area contributed by atoms with Crippen molar-refractivity contribution in [2.75, 3.05) is 51.0 Å². The summed E-state index contributed by atoms with van der Waals surface area (Å²) in [5.41, 5.74) is 3.94. The third kappa shape index (κ3) is 6.85. The molecule has 0 bridgehead atoms. The van der Waals surface area contributed by atoms with Crippen LogP contribution in [0.25, 0.3) is 32.9 Å².